The largest absolute Gasteiger partial charge is 0.454 e. The number of carbonyl (C=O) groups excluding carboxylic acids is 2. The van der Waals surface area contributed by atoms with Crippen molar-refractivity contribution in [2.45, 2.75) is 24.3 Å². The number of ether oxygens (including phenoxy) is 2. The van der Waals surface area contributed by atoms with Crippen LogP contribution in [0.2, 0.25) is 0 Å². The van der Waals surface area contributed by atoms with Crippen molar-refractivity contribution in [2.75, 3.05) is 12.5 Å². The normalized spacial score (nSPS) is 20.5. The number of rotatable bonds is 5. The van der Waals surface area contributed by atoms with E-state index in [1.807, 2.05) is 12.1 Å². The van der Waals surface area contributed by atoms with E-state index in [1.165, 1.54) is 17.8 Å². The summed E-state index contributed by atoms with van der Waals surface area (Å²) in [4.78, 5) is 24.8. The number of nitrogens with one attached hydrogen (secondary N) is 2. The molecule has 0 bridgehead atoms. The third kappa shape index (κ3) is 3.91. The molecule has 2 amide bonds. The number of hydrogen-bond donors (Lipinski definition) is 2. The molecule has 0 unspecified atom stereocenters. The van der Waals surface area contributed by atoms with Crippen molar-refractivity contribution >= 4 is 23.6 Å². The van der Waals surface area contributed by atoms with E-state index in [9.17, 15) is 14.0 Å². The molecule has 2 aromatic carbocycles. The monoisotopic (exact) mass is 402 g/mol. The summed E-state index contributed by atoms with van der Waals surface area (Å²) in [5, 5.41) is 5.16. The van der Waals surface area contributed by atoms with Gasteiger partial charge in [0.25, 0.3) is 0 Å². The molecule has 0 aromatic heterocycles. The smallest absolute Gasteiger partial charge is 0.243 e. The number of thioether (sulfide) groups is 1. The zero-order chi connectivity index (χ0) is 19.5. The van der Waals surface area contributed by atoms with Gasteiger partial charge < -0.3 is 20.1 Å². The first kappa shape index (κ1) is 18.6. The highest BCUT2D eigenvalue weighted by atomic mass is 32.2. The van der Waals surface area contributed by atoms with Crippen LogP contribution < -0.4 is 20.1 Å². The molecule has 0 spiro atoms. The van der Waals surface area contributed by atoms with Gasteiger partial charge in [-0.3, -0.25) is 9.59 Å². The predicted octanol–water partition coefficient (Wildman–Crippen LogP) is 2.01. The van der Waals surface area contributed by atoms with Crippen LogP contribution in [0.4, 0.5) is 4.39 Å². The second-order valence-electron chi connectivity index (χ2n) is 6.55. The van der Waals surface area contributed by atoms with Crippen molar-refractivity contribution < 1.29 is 23.5 Å². The third-order valence-corrected chi connectivity index (χ3v) is 5.99. The van der Waals surface area contributed by atoms with Crippen LogP contribution in [0, 0.1) is 5.82 Å². The molecule has 2 aromatic rings. The maximum absolute atomic E-state index is 13.8. The number of para-hydroxylation sites is 1. The quantitative estimate of drug-likeness (QED) is 0.800. The van der Waals surface area contributed by atoms with Crippen molar-refractivity contribution in [3.05, 3.63) is 59.4 Å². The second kappa shape index (κ2) is 8.10. The van der Waals surface area contributed by atoms with E-state index in [0.29, 0.717) is 29.2 Å². The first-order valence-corrected chi connectivity index (χ1v) is 9.97. The number of carbonyl (C=O) groups is 2. The van der Waals surface area contributed by atoms with Gasteiger partial charge in [0.1, 0.15) is 11.9 Å². The Balaban J connectivity index is 1.32. The number of benzene rings is 2. The minimum Gasteiger partial charge on any atom is -0.454 e. The van der Waals surface area contributed by atoms with E-state index in [4.69, 9.17) is 9.47 Å². The summed E-state index contributed by atoms with van der Waals surface area (Å²) in [7, 11) is 0. The van der Waals surface area contributed by atoms with E-state index in [-0.39, 0.29) is 31.0 Å². The third-order valence-electron chi connectivity index (χ3n) is 4.68. The van der Waals surface area contributed by atoms with E-state index in [2.05, 4.69) is 10.6 Å². The van der Waals surface area contributed by atoms with E-state index >= 15 is 0 Å². The summed E-state index contributed by atoms with van der Waals surface area (Å²) >= 11 is 1.37. The molecule has 2 N–H and O–H groups in total. The minimum absolute atomic E-state index is 0.166. The average molecular weight is 402 g/mol. The summed E-state index contributed by atoms with van der Waals surface area (Å²) < 4.78 is 24.6. The van der Waals surface area contributed by atoms with Crippen molar-refractivity contribution in [1.82, 2.24) is 10.6 Å². The van der Waals surface area contributed by atoms with Crippen LogP contribution in [0.3, 0.4) is 0 Å². The maximum atomic E-state index is 13.8. The van der Waals surface area contributed by atoms with Crippen molar-refractivity contribution in [2.24, 2.45) is 0 Å². The fourth-order valence-electron chi connectivity index (χ4n) is 3.19. The lowest BCUT2D eigenvalue weighted by molar-refractivity contribution is -0.128. The Hall–Kier alpha value is -2.74. The average Bonchev–Trinajstić information content (AvgIpc) is 3.18. The van der Waals surface area contributed by atoms with Gasteiger partial charge in [-0.15, -0.1) is 11.8 Å². The van der Waals surface area contributed by atoms with Crippen LogP contribution >= 0.6 is 11.8 Å². The molecule has 0 aliphatic carbocycles. The van der Waals surface area contributed by atoms with Crippen molar-refractivity contribution in [3.63, 3.8) is 0 Å². The summed E-state index contributed by atoms with van der Waals surface area (Å²) in [6, 6.07) is 11.3. The molecule has 2 aliphatic rings. The Morgan fingerprint density at radius 3 is 2.82 bits per heavy atom. The van der Waals surface area contributed by atoms with Gasteiger partial charge in [-0.2, -0.15) is 0 Å². The molecular formula is C20H19FN2O4S. The van der Waals surface area contributed by atoms with Gasteiger partial charge in [0.15, 0.2) is 11.5 Å². The maximum Gasteiger partial charge on any atom is 0.243 e. The molecule has 0 saturated carbocycles. The Kier molecular flexibility index (Phi) is 5.38. The molecule has 1 fully saturated rings. The molecule has 28 heavy (non-hydrogen) atoms. The highest BCUT2D eigenvalue weighted by molar-refractivity contribution is 8.00. The molecule has 1 saturated heterocycles. The van der Waals surface area contributed by atoms with Crippen LogP contribution in [-0.2, 0) is 22.6 Å². The van der Waals surface area contributed by atoms with Crippen LogP contribution in [-0.4, -0.2) is 35.7 Å². The number of amides is 2. The van der Waals surface area contributed by atoms with Crippen LogP contribution in [0.1, 0.15) is 11.1 Å². The van der Waals surface area contributed by atoms with E-state index < -0.39 is 11.3 Å². The SMILES string of the molecule is O=C(NCc1cccc2c1OCO2)[C@@H]1CS[C@@H](Cc2ccccc2F)C(=O)N1. The summed E-state index contributed by atoms with van der Waals surface area (Å²) in [5.74, 6) is 0.888. The van der Waals surface area contributed by atoms with Gasteiger partial charge in [-0.1, -0.05) is 30.3 Å². The lowest BCUT2D eigenvalue weighted by Crippen LogP contribution is -2.54. The summed E-state index contributed by atoms with van der Waals surface area (Å²) in [6.07, 6.45) is 0.297. The zero-order valence-corrected chi connectivity index (χ0v) is 15.8. The Labute approximate surface area is 165 Å². The van der Waals surface area contributed by atoms with Gasteiger partial charge in [-0.25, -0.2) is 4.39 Å². The lowest BCUT2D eigenvalue weighted by atomic mass is 10.1. The molecule has 2 aliphatic heterocycles. The summed E-state index contributed by atoms with van der Waals surface area (Å²) in [5.41, 5.74) is 1.31. The van der Waals surface area contributed by atoms with E-state index in [0.717, 1.165) is 5.56 Å². The number of fused-ring (bicyclic) bond motifs is 1. The van der Waals surface area contributed by atoms with Gasteiger partial charge in [0.05, 0.1) is 5.25 Å². The fraction of sp³-hybridized carbons (Fsp3) is 0.300. The minimum atomic E-state index is -0.622. The van der Waals surface area contributed by atoms with Crippen molar-refractivity contribution in [1.29, 1.82) is 0 Å². The predicted molar refractivity (Wildman–Crippen MR) is 103 cm³/mol. The molecule has 8 heteroatoms. The highest BCUT2D eigenvalue weighted by Gasteiger charge is 2.32. The van der Waals surface area contributed by atoms with Gasteiger partial charge in [-0.05, 0) is 24.1 Å². The first-order valence-electron chi connectivity index (χ1n) is 8.92. The topological polar surface area (TPSA) is 76.7 Å². The van der Waals surface area contributed by atoms with Gasteiger partial charge in [0.2, 0.25) is 18.6 Å². The van der Waals surface area contributed by atoms with Crippen LogP contribution in [0.25, 0.3) is 0 Å². The number of halogens is 1. The zero-order valence-electron chi connectivity index (χ0n) is 14.9. The van der Waals surface area contributed by atoms with Gasteiger partial charge >= 0.3 is 0 Å². The van der Waals surface area contributed by atoms with E-state index in [1.54, 1.807) is 24.3 Å². The van der Waals surface area contributed by atoms with Crippen LogP contribution in [0.15, 0.2) is 42.5 Å². The van der Waals surface area contributed by atoms with Crippen molar-refractivity contribution in [3.8, 4) is 11.5 Å². The van der Waals surface area contributed by atoms with Gasteiger partial charge in [0, 0.05) is 17.9 Å². The standard InChI is InChI=1S/C20H19FN2O4S/c21-14-6-2-1-4-12(14)8-17-20(25)23-15(10-28-17)19(24)22-9-13-5-3-7-16-18(13)27-11-26-16/h1-7,15,17H,8-11H2,(H,22,24)(H,23,25)/t15-,17-/m0/s1. The Morgan fingerprint density at radius 1 is 1.18 bits per heavy atom. The molecule has 4 rings (SSSR count). The number of hydrogen-bond acceptors (Lipinski definition) is 5. The second-order valence-corrected chi connectivity index (χ2v) is 7.78. The highest BCUT2D eigenvalue weighted by Crippen LogP contribution is 2.35. The van der Waals surface area contributed by atoms with Crippen LogP contribution in [0.5, 0.6) is 11.5 Å². The Bertz CT molecular complexity index is 908. The molecular weight excluding hydrogens is 383 g/mol. The molecule has 146 valence electrons. The summed E-state index contributed by atoms with van der Waals surface area (Å²) in [6.45, 7) is 0.445. The lowest BCUT2D eigenvalue weighted by Gasteiger charge is -2.28. The fourth-order valence-corrected chi connectivity index (χ4v) is 4.36. The Morgan fingerprint density at radius 2 is 2.00 bits per heavy atom. The molecule has 2 heterocycles. The molecule has 0 radical (unpaired) electrons. The first-order chi connectivity index (χ1) is 13.6. The molecule has 6 nitrogen and oxygen atoms in total. The molecule has 2 atom stereocenters.